The summed E-state index contributed by atoms with van der Waals surface area (Å²) in [5.74, 6) is -2.18. The van der Waals surface area contributed by atoms with Crippen LogP contribution in [-0.4, -0.2) is 46.5 Å². The van der Waals surface area contributed by atoms with Crippen LogP contribution in [0.25, 0.3) is 0 Å². The number of benzene rings is 3. The minimum absolute atomic E-state index is 0.00273. The highest BCUT2D eigenvalue weighted by Gasteiger charge is 2.27. The molecule has 0 spiro atoms. The zero-order chi connectivity index (χ0) is 26.3. The van der Waals surface area contributed by atoms with Crippen molar-refractivity contribution in [3.05, 3.63) is 94.5 Å². The molecule has 3 aromatic rings. The van der Waals surface area contributed by atoms with E-state index in [2.05, 4.69) is 10.0 Å². The van der Waals surface area contributed by atoms with E-state index < -0.39 is 33.9 Å². The first-order chi connectivity index (χ1) is 17.1. The van der Waals surface area contributed by atoms with Crippen molar-refractivity contribution in [1.82, 2.24) is 4.72 Å². The van der Waals surface area contributed by atoms with Crippen LogP contribution in [-0.2, 0) is 30.7 Å². The lowest BCUT2D eigenvalue weighted by atomic mass is 10.1. The Balaban J connectivity index is 1.94. The Morgan fingerprint density at radius 1 is 0.861 bits per heavy atom. The first-order valence-corrected chi connectivity index (χ1v) is 12.4. The van der Waals surface area contributed by atoms with E-state index >= 15 is 0 Å². The van der Waals surface area contributed by atoms with Crippen molar-refractivity contribution < 1.29 is 32.3 Å². The van der Waals surface area contributed by atoms with Gasteiger partial charge in [0.05, 0.1) is 30.2 Å². The van der Waals surface area contributed by atoms with E-state index in [4.69, 9.17) is 21.1 Å². The van der Waals surface area contributed by atoms with Gasteiger partial charge < -0.3 is 14.8 Å². The zero-order valence-corrected chi connectivity index (χ0v) is 20.9. The molecule has 0 fully saturated rings. The molecule has 1 amide bonds. The number of anilines is 1. The van der Waals surface area contributed by atoms with Gasteiger partial charge >= 0.3 is 11.9 Å². The van der Waals surface area contributed by atoms with Crippen LogP contribution in [0.15, 0.2) is 77.7 Å². The second-order valence-corrected chi connectivity index (χ2v) is 9.74. The number of hydrogen-bond acceptors (Lipinski definition) is 7. The van der Waals surface area contributed by atoms with E-state index in [1.54, 1.807) is 30.3 Å². The van der Waals surface area contributed by atoms with E-state index in [0.29, 0.717) is 10.6 Å². The number of methoxy groups -OCH3 is 2. The van der Waals surface area contributed by atoms with Crippen molar-refractivity contribution in [2.24, 2.45) is 0 Å². The molecule has 11 heteroatoms. The minimum Gasteiger partial charge on any atom is -0.465 e. The van der Waals surface area contributed by atoms with Crippen LogP contribution < -0.4 is 10.0 Å². The molecule has 1 atom stereocenters. The maximum atomic E-state index is 13.3. The lowest BCUT2D eigenvalue weighted by molar-refractivity contribution is -0.117. The molecule has 0 radical (unpaired) electrons. The topological polar surface area (TPSA) is 128 Å². The van der Waals surface area contributed by atoms with Gasteiger partial charge in [-0.1, -0.05) is 41.9 Å². The van der Waals surface area contributed by atoms with E-state index in [0.717, 1.165) is 0 Å². The van der Waals surface area contributed by atoms with Crippen LogP contribution in [0, 0.1) is 0 Å². The number of sulfonamides is 1. The highest BCUT2D eigenvalue weighted by molar-refractivity contribution is 7.89. The smallest absolute Gasteiger partial charge is 0.337 e. The second kappa shape index (κ2) is 11.8. The van der Waals surface area contributed by atoms with Gasteiger partial charge in [0.2, 0.25) is 15.9 Å². The number of ether oxygens (including phenoxy) is 2. The summed E-state index contributed by atoms with van der Waals surface area (Å²) < 4.78 is 37.9. The molecule has 0 bridgehead atoms. The van der Waals surface area contributed by atoms with E-state index in [-0.39, 0.29) is 28.1 Å². The van der Waals surface area contributed by atoms with Crippen LogP contribution in [0.5, 0.6) is 0 Å². The number of hydrogen-bond donors (Lipinski definition) is 2. The molecule has 188 valence electrons. The number of carbonyl (C=O) groups is 3. The fourth-order valence-corrected chi connectivity index (χ4v) is 4.63. The van der Waals surface area contributed by atoms with Crippen molar-refractivity contribution in [3.63, 3.8) is 0 Å². The standard InChI is InChI=1S/C25H23ClN2O7S/c1-34-24(30)17-13-18(25(31)35-2)15-20(14-17)27-23(29)22(12-16-6-4-3-5-7-16)28-36(32,33)21-10-8-19(26)9-11-21/h3-11,13-15,22,28H,12H2,1-2H3,(H,27,29)/t22-/m0/s1. The average molecular weight is 531 g/mol. The highest BCUT2D eigenvalue weighted by Crippen LogP contribution is 2.19. The van der Waals surface area contributed by atoms with E-state index in [1.165, 1.54) is 56.7 Å². The quantitative estimate of drug-likeness (QED) is 0.405. The number of esters is 2. The maximum absolute atomic E-state index is 13.3. The molecule has 36 heavy (non-hydrogen) atoms. The molecule has 0 aliphatic heterocycles. The summed E-state index contributed by atoms with van der Waals surface area (Å²) in [5.41, 5.74) is 0.774. The van der Waals surface area contributed by atoms with Gasteiger partial charge in [-0.3, -0.25) is 4.79 Å². The molecule has 0 saturated carbocycles. The molecular weight excluding hydrogens is 508 g/mol. The summed E-state index contributed by atoms with van der Waals surface area (Å²) >= 11 is 5.86. The van der Waals surface area contributed by atoms with Gasteiger partial charge in [-0.2, -0.15) is 4.72 Å². The maximum Gasteiger partial charge on any atom is 0.337 e. The third kappa shape index (κ3) is 6.91. The number of rotatable bonds is 9. The largest absolute Gasteiger partial charge is 0.465 e. The average Bonchev–Trinajstić information content (AvgIpc) is 2.87. The molecule has 2 N–H and O–H groups in total. The van der Waals surface area contributed by atoms with E-state index in [1.807, 2.05) is 0 Å². The molecule has 0 unspecified atom stereocenters. The van der Waals surface area contributed by atoms with Crippen LogP contribution in [0.3, 0.4) is 0 Å². The normalized spacial score (nSPS) is 11.9. The van der Waals surface area contributed by atoms with E-state index in [9.17, 15) is 22.8 Å². The molecule has 0 aromatic heterocycles. The predicted octanol–water partition coefficient (Wildman–Crippen LogP) is 3.44. The Morgan fingerprint density at radius 3 is 1.94 bits per heavy atom. The Hall–Kier alpha value is -3.73. The summed E-state index contributed by atoms with van der Waals surface area (Å²) in [7, 11) is -1.76. The SMILES string of the molecule is COC(=O)c1cc(NC(=O)[C@H](Cc2ccccc2)NS(=O)(=O)c2ccc(Cl)cc2)cc(C(=O)OC)c1. The van der Waals surface area contributed by atoms with Gasteiger partial charge in [0, 0.05) is 10.7 Å². The molecule has 0 aliphatic rings. The van der Waals surface area contributed by atoms with Crippen LogP contribution in [0.4, 0.5) is 5.69 Å². The van der Waals surface area contributed by atoms with Crippen molar-refractivity contribution >= 4 is 45.2 Å². The molecule has 0 aliphatic carbocycles. The van der Waals surface area contributed by atoms with Gasteiger partial charge in [0.15, 0.2) is 0 Å². The van der Waals surface area contributed by atoms with Crippen LogP contribution >= 0.6 is 11.6 Å². The molecule has 0 saturated heterocycles. The summed E-state index contributed by atoms with van der Waals surface area (Å²) in [5, 5.41) is 2.94. The first kappa shape index (κ1) is 26.9. The van der Waals surface area contributed by atoms with Crippen LogP contribution in [0.1, 0.15) is 26.3 Å². The Kier molecular flexibility index (Phi) is 8.81. The lowest BCUT2D eigenvalue weighted by Crippen LogP contribution is -2.45. The summed E-state index contributed by atoms with van der Waals surface area (Å²) in [6.07, 6.45) is 0.0278. The Labute approximate surface area is 213 Å². The summed E-state index contributed by atoms with van der Waals surface area (Å²) in [6, 6.07) is 17.0. The second-order valence-electron chi connectivity index (χ2n) is 7.59. The predicted molar refractivity (Wildman–Crippen MR) is 133 cm³/mol. The lowest BCUT2D eigenvalue weighted by Gasteiger charge is -2.19. The molecule has 0 heterocycles. The Bertz CT molecular complexity index is 1330. The van der Waals surface area contributed by atoms with Crippen molar-refractivity contribution in [2.75, 3.05) is 19.5 Å². The Morgan fingerprint density at radius 2 is 1.42 bits per heavy atom. The molecule has 3 rings (SSSR count). The fourth-order valence-electron chi connectivity index (χ4n) is 3.31. The number of amides is 1. The van der Waals surface area contributed by atoms with Crippen molar-refractivity contribution in [2.45, 2.75) is 17.4 Å². The van der Waals surface area contributed by atoms with Gasteiger partial charge in [-0.15, -0.1) is 0 Å². The monoisotopic (exact) mass is 530 g/mol. The fraction of sp³-hybridized carbons (Fsp3) is 0.160. The number of nitrogens with one attached hydrogen (secondary N) is 2. The van der Waals surface area contributed by atoms with Gasteiger partial charge in [0.1, 0.15) is 6.04 Å². The van der Waals surface area contributed by atoms with Gasteiger partial charge in [-0.05, 0) is 54.4 Å². The third-order valence-electron chi connectivity index (χ3n) is 5.06. The number of halogens is 1. The van der Waals surface area contributed by atoms with Gasteiger partial charge in [0.25, 0.3) is 0 Å². The van der Waals surface area contributed by atoms with Crippen LogP contribution in [0.2, 0.25) is 5.02 Å². The van der Waals surface area contributed by atoms with Crippen molar-refractivity contribution in [1.29, 1.82) is 0 Å². The zero-order valence-electron chi connectivity index (χ0n) is 19.4. The van der Waals surface area contributed by atoms with Gasteiger partial charge in [-0.25, -0.2) is 18.0 Å². The first-order valence-electron chi connectivity index (χ1n) is 10.6. The highest BCUT2D eigenvalue weighted by atomic mass is 35.5. The number of carbonyl (C=O) groups excluding carboxylic acids is 3. The third-order valence-corrected chi connectivity index (χ3v) is 6.80. The summed E-state index contributed by atoms with van der Waals surface area (Å²) in [4.78, 5) is 37.4. The molecule has 3 aromatic carbocycles. The van der Waals surface area contributed by atoms with Crippen molar-refractivity contribution in [3.8, 4) is 0 Å². The summed E-state index contributed by atoms with van der Waals surface area (Å²) in [6.45, 7) is 0. The minimum atomic E-state index is -4.10. The molecule has 9 nitrogen and oxygen atoms in total. The molecular formula is C25H23ClN2O7S.